The van der Waals surface area contributed by atoms with E-state index in [9.17, 15) is 0 Å². The number of allylic oxidation sites excluding steroid dienone is 1. The topological polar surface area (TPSA) is 0 Å². The molecule has 0 fully saturated rings. The average molecular weight is 156 g/mol. The second-order valence-corrected chi connectivity index (χ2v) is 2.57. The molecule has 0 nitrogen and oxygen atoms in total. The van der Waals surface area contributed by atoms with Crippen LogP contribution in [0.1, 0.15) is 18.9 Å². The highest BCUT2D eigenvalue weighted by atomic mass is 13.9. The minimum atomic E-state index is 0.930. The first-order chi connectivity index (χ1) is 5.83. The van der Waals surface area contributed by atoms with Crippen LogP contribution < -0.4 is 0 Å². The van der Waals surface area contributed by atoms with E-state index in [4.69, 9.17) is 0 Å². The van der Waals surface area contributed by atoms with Gasteiger partial charge in [0.15, 0.2) is 0 Å². The Morgan fingerprint density at radius 1 is 1.33 bits per heavy atom. The van der Waals surface area contributed by atoms with Gasteiger partial charge < -0.3 is 0 Å². The maximum Gasteiger partial charge on any atom is 0.0248 e. The second-order valence-electron chi connectivity index (χ2n) is 2.57. The summed E-state index contributed by atoms with van der Waals surface area (Å²) >= 11 is 0. The van der Waals surface area contributed by atoms with E-state index in [2.05, 4.69) is 25.3 Å². The van der Waals surface area contributed by atoms with Gasteiger partial charge in [-0.1, -0.05) is 43.5 Å². The molecule has 1 aromatic carbocycles. The summed E-state index contributed by atoms with van der Waals surface area (Å²) < 4.78 is 0. The lowest BCUT2D eigenvalue weighted by molar-refractivity contribution is 1.17. The van der Waals surface area contributed by atoms with Gasteiger partial charge in [0, 0.05) is 5.56 Å². The molecule has 0 aliphatic rings. The molecule has 0 spiro atoms. The average Bonchev–Trinajstić information content (AvgIpc) is 2.16. The lowest BCUT2D eigenvalue weighted by atomic mass is 10.2. The van der Waals surface area contributed by atoms with Crippen LogP contribution in [0.25, 0.3) is 0 Å². The number of benzene rings is 1. The molecule has 0 aromatic heterocycles. The minimum absolute atomic E-state index is 0.930. The monoisotopic (exact) mass is 156 g/mol. The van der Waals surface area contributed by atoms with Crippen molar-refractivity contribution < 1.29 is 0 Å². The van der Waals surface area contributed by atoms with Gasteiger partial charge in [-0.2, -0.15) is 0 Å². The molecule has 1 rings (SSSR count). The van der Waals surface area contributed by atoms with Crippen LogP contribution in [0.5, 0.6) is 0 Å². The van der Waals surface area contributed by atoms with Gasteiger partial charge in [-0.15, -0.1) is 0 Å². The molecule has 0 saturated carbocycles. The summed E-state index contributed by atoms with van der Waals surface area (Å²) in [4.78, 5) is 0. The Labute approximate surface area is 73.9 Å². The SMILES string of the molecule is C=C(C#Cc1ccccc1)CC. The van der Waals surface area contributed by atoms with E-state index in [1.807, 2.05) is 30.3 Å². The highest BCUT2D eigenvalue weighted by molar-refractivity contribution is 5.39. The standard InChI is InChI=1S/C12H12/c1-3-11(2)9-10-12-7-5-4-6-8-12/h4-8H,2-3H2,1H3. The third-order valence-electron chi connectivity index (χ3n) is 1.58. The number of hydrogen-bond donors (Lipinski definition) is 0. The molecule has 0 unspecified atom stereocenters. The summed E-state index contributed by atoms with van der Waals surface area (Å²) in [6.07, 6.45) is 0.930. The zero-order chi connectivity index (χ0) is 8.81. The molecule has 0 heterocycles. The fraction of sp³-hybridized carbons (Fsp3) is 0.167. The Balaban J connectivity index is 2.74. The predicted molar refractivity (Wildman–Crippen MR) is 52.8 cm³/mol. The molecule has 60 valence electrons. The normalized spacial score (nSPS) is 8.42. The Bertz CT molecular complexity index is 309. The van der Waals surface area contributed by atoms with E-state index in [1.165, 1.54) is 0 Å². The molecule has 0 atom stereocenters. The van der Waals surface area contributed by atoms with E-state index in [-0.39, 0.29) is 0 Å². The van der Waals surface area contributed by atoms with Crippen molar-refractivity contribution >= 4 is 0 Å². The van der Waals surface area contributed by atoms with Crippen molar-refractivity contribution in [2.24, 2.45) is 0 Å². The van der Waals surface area contributed by atoms with E-state index in [1.54, 1.807) is 0 Å². The molecule has 0 bridgehead atoms. The first-order valence-electron chi connectivity index (χ1n) is 4.07. The largest absolute Gasteiger partial charge is 0.0874 e. The molecule has 12 heavy (non-hydrogen) atoms. The lowest BCUT2D eigenvalue weighted by Crippen LogP contribution is -1.73. The van der Waals surface area contributed by atoms with Crippen molar-refractivity contribution in [2.45, 2.75) is 13.3 Å². The van der Waals surface area contributed by atoms with E-state index >= 15 is 0 Å². The van der Waals surface area contributed by atoms with Crippen LogP contribution in [-0.4, -0.2) is 0 Å². The first kappa shape index (κ1) is 8.62. The van der Waals surface area contributed by atoms with Gasteiger partial charge in [0.05, 0.1) is 0 Å². The molecule has 0 aliphatic carbocycles. The lowest BCUT2D eigenvalue weighted by Gasteiger charge is -1.87. The predicted octanol–water partition coefficient (Wildman–Crippen LogP) is 3.00. The van der Waals surface area contributed by atoms with Gasteiger partial charge in [-0.25, -0.2) is 0 Å². The minimum Gasteiger partial charge on any atom is -0.0874 e. The van der Waals surface area contributed by atoms with Crippen molar-refractivity contribution in [1.82, 2.24) is 0 Å². The highest BCUT2D eigenvalue weighted by Crippen LogP contribution is 1.97. The summed E-state index contributed by atoms with van der Waals surface area (Å²) in [5, 5.41) is 0. The van der Waals surface area contributed by atoms with E-state index in [0.717, 1.165) is 17.6 Å². The molecule has 0 saturated heterocycles. The van der Waals surface area contributed by atoms with Gasteiger partial charge in [0.2, 0.25) is 0 Å². The van der Waals surface area contributed by atoms with Crippen molar-refractivity contribution in [3.05, 3.63) is 48.0 Å². The Hall–Kier alpha value is -1.48. The van der Waals surface area contributed by atoms with Crippen LogP contribution >= 0.6 is 0 Å². The summed E-state index contributed by atoms with van der Waals surface area (Å²) in [6, 6.07) is 9.95. The molecule has 0 radical (unpaired) electrons. The summed E-state index contributed by atoms with van der Waals surface area (Å²) in [7, 11) is 0. The van der Waals surface area contributed by atoms with Crippen LogP contribution in [0.2, 0.25) is 0 Å². The zero-order valence-corrected chi connectivity index (χ0v) is 7.30. The fourth-order valence-corrected chi connectivity index (χ4v) is 0.770. The van der Waals surface area contributed by atoms with Crippen LogP contribution in [0.15, 0.2) is 42.5 Å². The van der Waals surface area contributed by atoms with Gasteiger partial charge >= 0.3 is 0 Å². The van der Waals surface area contributed by atoms with Crippen molar-refractivity contribution in [1.29, 1.82) is 0 Å². The smallest absolute Gasteiger partial charge is 0.0248 e. The summed E-state index contributed by atoms with van der Waals surface area (Å²) in [5.74, 6) is 6.05. The quantitative estimate of drug-likeness (QED) is 0.548. The molecular formula is C12H12. The summed E-state index contributed by atoms with van der Waals surface area (Å²) in [6.45, 7) is 5.87. The molecule has 1 aromatic rings. The maximum absolute atomic E-state index is 3.81. The number of hydrogen-bond acceptors (Lipinski definition) is 0. The maximum atomic E-state index is 3.81. The third-order valence-corrected chi connectivity index (χ3v) is 1.58. The van der Waals surface area contributed by atoms with Crippen LogP contribution in [0, 0.1) is 11.8 Å². The molecule has 0 aliphatic heterocycles. The Morgan fingerprint density at radius 3 is 2.58 bits per heavy atom. The van der Waals surface area contributed by atoms with Gasteiger partial charge in [0.1, 0.15) is 0 Å². The molecule has 0 heteroatoms. The Morgan fingerprint density at radius 2 is 2.00 bits per heavy atom. The van der Waals surface area contributed by atoms with Crippen molar-refractivity contribution in [3.63, 3.8) is 0 Å². The van der Waals surface area contributed by atoms with Crippen LogP contribution in [0.3, 0.4) is 0 Å². The van der Waals surface area contributed by atoms with Crippen molar-refractivity contribution in [3.8, 4) is 11.8 Å². The highest BCUT2D eigenvalue weighted by Gasteiger charge is 1.82. The summed E-state index contributed by atoms with van der Waals surface area (Å²) in [5.41, 5.74) is 2.03. The second kappa shape index (κ2) is 4.41. The third kappa shape index (κ3) is 2.64. The Kier molecular flexibility index (Phi) is 3.17. The zero-order valence-electron chi connectivity index (χ0n) is 7.30. The number of rotatable bonds is 1. The van der Waals surface area contributed by atoms with Crippen LogP contribution in [-0.2, 0) is 0 Å². The first-order valence-corrected chi connectivity index (χ1v) is 4.07. The van der Waals surface area contributed by atoms with Gasteiger partial charge in [-0.05, 0) is 24.1 Å². The van der Waals surface area contributed by atoms with E-state index in [0.29, 0.717) is 0 Å². The molecular weight excluding hydrogens is 144 g/mol. The van der Waals surface area contributed by atoms with Gasteiger partial charge in [-0.3, -0.25) is 0 Å². The molecule has 0 amide bonds. The van der Waals surface area contributed by atoms with Crippen molar-refractivity contribution in [2.75, 3.05) is 0 Å². The fourth-order valence-electron chi connectivity index (χ4n) is 0.770. The molecule has 0 N–H and O–H groups in total. The van der Waals surface area contributed by atoms with Gasteiger partial charge in [0.25, 0.3) is 0 Å². The van der Waals surface area contributed by atoms with E-state index < -0.39 is 0 Å². The van der Waals surface area contributed by atoms with Crippen LogP contribution in [0.4, 0.5) is 0 Å².